The number of aryl methyl sites for hydroxylation is 1. The normalized spacial score (nSPS) is 10.6. The second kappa shape index (κ2) is 9.39. The minimum atomic E-state index is -0.560. The van der Waals surface area contributed by atoms with Crippen molar-refractivity contribution >= 4 is 23.5 Å². The highest BCUT2D eigenvalue weighted by Crippen LogP contribution is 2.18. The van der Waals surface area contributed by atoms with Crippen LogP contribution in [-0.2, 0) is 16.0 Å². The quantitative estimate of drug-likeness (QED) is 0.602. The van der Waals surface area contributed by atoms with Gasteiger partial charge in [-0.25, -0.2) is 9.48 Å². The van der Waals surface area contributed by atoms with Gasteiger partial charge >= 0.3 is 5.97 Å². The van der Waals surface area contributed by atoms with E-state index in [0.717, 1.165) is 11.3 Å². The summed E-state index contributed by atoms with van der Waals surface area (Å²) in [6.45, 7) is 3.65. The predicted octanol–water partition coefficient (Wildman–Crippen LogP) is 3.66. The standard InChI is InChI=1S/C22H22ClN3O3/c1-15-21(16(2)26(25-15)19-6-4-3-5-7-19)22(28)29-14-20(27)24-13-12-17-8-10-18(23)11-9-17/h3-11H,12-14H2,1-2H3,(H,24,27). The Morgan fingerprint density at radius 1 is 1.07 bits per heavy atom. The Kier molecular flexibility index (Phi) is 6.67. The zero-order chi connectivity index (χ0) is 20.8. The number of nitrogens with one attached hydrogen (secondary N) is 1. The van der Waals surface area contributed by atoms with E-state index in [9.17, 15) is 9.59 Å². The van der Waals surface area contributed by atoms with E-state index in [-0.39, 0.29) is 12.5 Å². The van der Waals surface area contributed by atoms with Gasteiger partial charge in [-0.3, -0.25) is 4.79 Å². The number of nitrogens with zero attached hydrogens (tertiary/aromatic N) is 2. The van der Waals surface area contributed by atoms with Crippen molar-refractivity contribution in [2.45, 2.75) is 20.3 Å². The summed E-state index contributed by atoms with van der Waals surface area (Å²) in [5.41, 5.74) is 3.52. The molecule has 150 valence electrons. The lowest BCUT2D eigenvalue weighted by Crippen LogP contribution is -2.30. The van der Waals surface area contributed by atoms with E-state index in [4.69, 9.17) is 16.3 Å². The monoisotopic (exact) mass is 411 g/mol. The SMILES string of the molecule is Cc1nn(-c2ccccc2)c(C)c1C(=O)OCC(=O)NCCc1ccc(Cl)cc1. The fraction of sp³-hybridized carbons (Fsp3) is 0.227. The molecular formula is C22H22ClN3O3. The van der Waals surface area contributed by atoms with Crippen LogP contribution in [0.1, 0.15) is 27.3 Å². The van der Waals surface area contributed by atoms with E-state index < -0.39 is 5.97 Å². The number of ether oxygens (including phenoxy) is 1. The number of para-hydroxylation sites is 1. The smallest absolute Gasteiger partial charge is 0.342 e. The number of benzene rings is 2. The molecule has 29 heavy (non-hydrogen) atoms. The van der Waals surface area contributed by atoms with Gasteiger partial charge in [0.15, 0.2) is 6.61 Å². The Bertz CT molecular complexity index is 998. The largest absolute Gasteiger partial charge is 0.452 e. The summed E-state index contributed by atoms with van der Waals surface area (Å²) in [6, 6.07) is 17.0. The van der Waals surface area contributed by atoms with Crippen LogP contribution in [-0.4, -0.2) is 34.8 Å². The molecule has 7 heteroatoms. The van der Waals surface area contributed by atoms with Crippen LogP contribution in [0.25, 0.3) is 5.69 Å². The molecule has 1 heterocycles. The molecule has 6 nitrogen and oxygen atoms in total. The molecule has 0 saturated carbocycles. The summed E-state index contributed by atoms with van der Waals surface area (Å²) >= 11 is 5.85. The highest BCUT2D eigenvalue weighted by atomic mass is 35.5. The molecule has 1 amide bonds. The minimum absolute atomic E-state index is 0.338. The molecule has 3 aromatic rings. The molecule has 0 bridgehead atoms. The maximum Gasteiger partial charge on any atom is 0.342 e. The number of amides is 1. The molecule has 1 N–H and O–H groups in total. The molecule has 0 aliphatic rings. The number of carbonyl (C=O) groups excluding carboxylic acids is 2. The van der Waals surface area contributed by atoms with Crippen LogP contribution in [0.3, 0.4) is 0 Å². The Hall–Kier alpha value is -3.12. The third kappa shape index (κ3) is 5.23. The van der Waals surface area contributed by atoms with E-state index in [2.05, 4.69) is 10.4 Å². The number of aromatic nitrogens is 2. The van der Waals surface area contributed by atoms with Crippen LogP contribution in [0, 0.1) is 13.8 Å². The van der Waals surface area contributed by atoms with Crippen molar-refractivity contribution in [3.8, 4) is 5.69 Å². The molecular weight excluding hydrogens is 390 g/mol. The van der Waals surface area contributed by atoms with Crippen molar-refractivity contribution in [2.24, 2.45) is 0 Å². The van der Waals surface area contributed by atoms with Crippen LogP contribution < -0.4 is 5.32 Å². The van der Waals surface area contributed by atoms with Crippen LogP contribution in [0.15, 0.2) is 54.6 Å². The average Bonchev–Trinajstić information content (AvgIpc) is 3.02. The van der Waals surface area contributed by atoms with Crippen molar-refractivity contribution in [3.05, 3.63) is 82.1 Å². The maximum atomic E-state index is 12.5. The van der Waals surface area contributed by atoms with E-state index in [1.165, 1.54) is 0 Å². The van der Waals surface area contributed by atoms with Crippen LogP contribution >= 0.6 is 11.6 Å². The Morgan fingerprint density at radius 2 is 1.76 bits per heavy atom. The van der Waals surface area contributed by atoms with Crippen molar-refractivity contribution < 1.29 is 14.3 Å². The first-order valence-electron chi connectivity index (χ1n) is 9.25. The molecule has 0 unspecified atom stereocenters. The molecule has 0 radical (unpaired) electrons. The molecule has 1 aromatic heterocycles. The summed E-state index contributed by atoms with van der Waals surface area (Å²) < 4.78 is 6.89. The lowest BCUT2D eigenvalue weighted by Gasteiger charge is -2.08. The highest BCUT2D eigenvalue weighted by molar-refractivity contribution is 6.30. The van der Waals surface area contributed by atoms with Gasteiger partial charge in [-0.05, 0) is 50.1 Å². The van der Waals surface area contributed by atoms with Crippen molar-refractivity contribution in [1.82, 2.24) is 15.1 Å². The number of carbonyl (C=O) groups is 2. The van der Waals surface area contributed by atoms with Gasteiger partial charge in [0, 0.05) is 11.6 Å². The van der Waals surface area contributed by atoms with Crippen LogP contribution in [0.2, 0.25) is 5.02 Å². The third-order valence-corrected chi connectivity index (χ3v) is 4.73. The summed E-state index contributed by atoms with van der Waals surface area (Å²) in [6.07, 6.45) is 0.666. The Labute approximate surface area is 174 Å². The van der Waals surface area contributed by atoms with Gasteiger partial charge in [0.05, 0.1) is 17.1 Å². The fourth-order valence-corrected chi connectivity index (χ4v) is 3.14. The lowest BCUT2D eigenvalue weighted by molar-refractivity contribution is -0.124. The molecule has 3 rings (SSSR count). The first-order valence-corrected chi connectivity index (χ1v) is 9.63. The number of esters is 1. The van der Waals surface area contributed by atoms with Crippen molar-refractivity contribution in [1.29, 1.82) is 0 Å². The highest BCUT2D eigenvalue weighted by Gasteiger charge is 2.21. The molecule has 0 atom stereocenters. The van der Waals surface area contributed by atoms with Gasteiger partial charge in [0.2, 0.25) is 0 Å². The zero-order valence-corrected chi connectivity index (χ0v) is 17.1. The van der Waals surface area contributed by atoms with E-state index in [1.54, 1.807) is 30.7 Å². The van der Waals surface area contributed by atoms with Gasteiger partial charge in [-0.15, -0.1) is 0 Å². The average molecular weight is 412 g/mol. The minimum Gasteiger partial charge on any atom is -0.452 e. The number of rotatable bonds is 7. The maximum absolute atomic E-state index is 12.5. The van der Waals surface area contributed by atoms with Gasteiger partial charge in [0.25, 0.3) is 5.91 Å². The fourth-order valence-electron chi connectivity index (χ4n) is 3.01. The van der Waals surface area contributed by atoms with Crippen molar-refractivity contribution in [3.63, 3.8) is 0 Å². The van der Waals surface area contributed by atoms with E-state index >= 15 is 0 Å². The summed E-state index contributed by atoms with van der Waals surface area (Å²) in [4.78, 5) is 24.5. The molecule has 0 aliphatic heterocycles. The summed E-state index contributed by atoms with van der Waals surface area (Å²) in [7, 11) is 0. The molecule has 0 aliphatic carbocycles. The molecule has 0 fully saturated rings. The Balaban J connectivity index is 1.53. The molecule has 2 aromatic carbocycles. The van der Waals surface area contributed by atoms with E-state index in [1.807, 2.05) is 42.5 Å². The number of hydrogen-bond donors (Lipinski definition) is 1. The van der Waals surface area contributed by atoms with Crippen LogP contribution in [0.4, 0.5) is 0 Å². The molecule has 0 saturated heterocycles. The summed E-state index contributed by atoms with van der Waals surface area (Å²) in [5, 5.41) is 7.84. The van der Waals surface area contributed by atoms with Gasteiger partial charge < -0.3 is 10.1 Å². The predicted molar refractivity (Wildman–Crippen MR) is 111 cm³/mol. The molecule has 0 spiro atoms. The zero-order valence-electron chi connectivity index (χ0n) is 16.3. The third-order valence-electron chi connectivity index (χ3n) is 4.48. The van der Waals surface area contributed by atoms with Gasteiger partial charge in [-0.1, -0.05) is 41.9 Å². The van der Waals surface area contributed by atoms with E-state index in [0.29, 0.717) is 34.9 Å². The Morgan fingerprint density at radius 3 is 2.45 bits per heavy atom. The lowest BCUT2D eigenvalue weighted by atomic mass is 10.1. The second-order valence-electron chi connectivity index (χ2n) is 6.60. The summed E-state index contributed by atoms with van der Waals surface area (Å²) in [5.74, 6) is -0.909. The van der Waals surface area contributed by atoms with Gasteiger partial charge in [-0.2, -0.15) is 5.10 Å². The second-order valence-corrected chi connectivity index (χ2v) is 7.03. The van der Waals surface area contributed by atoms with Crippen LogP contribution in [0.5, 0.6) is 0 Å². The number of halogens is 1. The number of hydrogen-bond acceptors (Lipinski definition) is 4. The topological polar surface area (TPSA) is 73.2 Å². The first-order chi connectivity index (χ1) is 14.0. The van der Waals surface area contributed by atoms with Gasteiger partial charge in [0.1, 0.15) is 5.56 Å². The first kappa shape index (κ1) is 20.6. The van der Waals surface area contributed by atoms with Crippen molar-refractivity contribution in [2.75, 3.05) is 13.2 Å².